The molecule has 0 radical (unpaired) electrons. The number of hydrogen-bond donors (Lipinski definition) is 1. The summed E-state index contributed by atoms with van der Waals surface area (Å²) in [4.78, 5) is 0. The Morgan fingerprint density at radius 2 is 1.95 bits per heavy atom. The van der Waals surface area contributed by atoms with Crippen LogP contribution in [0, 0.1) is 5.92 Å². The normalized spacial score (nSPS) is 16.2. The molecule has 1 fully saturated rings. The fourth-order valence-electron chi connectivity index (χ4n) is 2.48. The standard InChI is InChI=1S/C16H25NO2/c1-17-14(8-6-12-4-5-12)10-13-7-9-15(18-2)16(11-13)19-3/h7,9,11-12,14,17H,4-6,8,10H2,1-3H3. The number of benzene rings is 1. The van der Waals surface area contributed by atoms with Crippen molar-refractivity contribution in [2.24, 2.45) is 5.92 Å². The maximum Gasteiger partial charge on any atom is 0.160 e. The molecular weight excluding hydrogens is 238 g/mol. The van der Waals surface area contributed by atoms with Gasteiger partial charge in [-0.2, -0.15) is 0 Å². The van der Waals surface area contributed by atoms with Crippen molar-refractivity contribution < 1.29 is 9.47 Å². The second kappa shape index (κ2) is 6.80. The lowest BCUT2D eigenvalue weighted by atomic mass is 10.00. The molecule has 2 rings (SSSR count). The third-order valence-corrected chi connectivity index (χ3v) is 3.96. The van der Waals surface area contributed by atoms with E-state index in [2.05, 4.69) is 24.5 Å². The molecule has 0 saturated heterocycles. The highest BCUT2D eigenvalue weighted by Crippen LogP contribution is 2.34. The number of rotatable bonds is 8. The predicted molar refractivity (Wildman–Crippen MR) is 78.1 cm³/mol. The zero-order chi connectivity index (χ0) is 13.7. The molecule has 3 heteroatoms. The summed E-state index contributed by atoms with van der Waals surface area (Å²) in [5, 5.41) is 3.43. The Bertz CT molecular complexity index is 402. The summed E-state index contributed by atoms with van der Waals surface area (Å²) in [5.41, 5.74) is 1.30. The number of hydrogen-bond acceptors (Lipinski definition) is 3. The van der Waals surface area contributed by atoms with Crippen molar-refractivity contribution in [2.45, 2.75) is 38.1 Å². The van der Waals surface area contributed by atoms with Gasteiger partial charge in [-0.25, -0.2) is 0 Å². The lowest BCUT2D eigenvalue weighted by Gasteiger charge is -2.17. The van der Waals surface area contributed by atoms with E-state index in [0.717, 1.165) is 23.8 Å². The molecule has 1 N–H and O–H groups in total. The Hall–Kier alpha value is -1.22. The molecule has 3 nitrogen and oxygen atoms in total. The molecule has 106 valence electrons. The molecule has 1 atom stereocenters. The van der Waals surface area contributed by atoms with Crippen LogP contribution in [0.25, 0.3) is 0 Å². The minimum absolute atomic E-state index is 0.554. The second-order valence-electron chi connectivity index (χ2n) is 5.40. The predicted octanol–water partition coefficient (Wildman–Crippen LogP) is 3.02. The zero-order valence-electron chi connectivity index (χ0n) is 12.2. The molecule has 0 aliphatic heterocycles. The van der Waals surface area contributed by atoms with Crippen LogP contribution in [0.2, 0.25) is 0 Å². The third kappa shape index (κ3) is 4.13. The molecule has 0 aromatic heterocycles. The van der Waals surface area contributed by atoms with E-state index in [9.17, 15) is 0 Å². The van der Waals surface area contributed by atoms with E-state index in [4.69, 9.17) is 9.47 Å². The van der Waals surface area contributed by atoms with E-state index in [-0.39, 0.29) is 0 Å². The van der Waals surface area contributed by atoms with Gasteiger partial charge in [0.2, 0.25) is 0 Å². The Labute approximate surface area is 116 Å². The van der Waals surface area contributed by atoms with E-state index in [1.54, 1.807) is 14.2 Å². The SMILES string of the molecule is CNC(CCC1CC1)Cc1ccc(OC)c(OC)c1. The quantitative estimate of drug-likeness (QED) is 0.782. The number of likely N-dealkylation sites (N-methyl/N-ethyl adjacent to an activating group) is 1. The Morgan fingerprint density at radius 1 is 1.21 bits per heavy atom. The van der Waals surface area contributed by atoms with Gasteiger partial charge in [-0.05, 0) is 49.9 Å². The summed E-state index contributed by atoms with van der Waals surface area (Å²) >= 11 is 0. The lowest BCUT2D eigenvalue weighted by Crippen LogP contribution is -2.27. The van der Waals surface area contributed by atoms with Crippen LogP contribution in [0.1, 0.15) is 31.2 Å². The fourth-order valence-corrected chi connectivity index (χ4v) is 2.48. The molecule has 0 bridgehead atoms. The van der Waals surface area contributed by atoms with Crippen molar-refractivity contribution in [1.82, 2.24) is 5.32 Å². The summed E-state index contributed by atoms with van der Waals surface area (Å²) in [6, 6.07) is 6.75. The van der Waals surface area contributed by atoms with Crippen LogP contribution < -0.4 is 14.8 Å². The minimum atomic E-state index is 0.554. The highest BCUT2D eigenvalue weighted by molar-refractivity contribution is 5.43. The maximum atomic E-state index is 5.35. The molecule has 1 unspecified atom stereocenters. The Kier molecular flexibility index (Phi) is 5.08. The fraction of sp³-hybridized carbons (Fsp3) is 0.625. The van der Waals surface area contributed by atoms with E-state index < -0.39 is 0 Å². The van der Waals surface area contributed by atoms with Crippen LogP contribution in [-0.2, 0) is 6.42 Å². The van der Waals surface area contributed by atoms with Crippen LogP contribution in [0.3, 0.4) is 0 Å². The van der Waals surface area contributed by atoms with Crippen LogP contribution in [0.15, 0.2) is 18.2 Å². The van der Waals surface area contributed by atoms with Gasteiger partial charge in [0.25, 0.3) is 0 Å². The van der Waals surface area contributed by atoms with E-state index in [1.165, 1.54) is 31.2 Å². The van der Waals surface area contributed by atoms with Crippen molar-refractivity contribution in [3.8, 4) is 11.5 Å². The van der Waals surface area contributed by atoms with Gasteiger partial charge in [0.1, 0.15) is 0 Å². The molecule has 1 aliphatic rings. The molecule has 19 heavy (non-hydrogen) atoms. The Morgan fingerprint density at radius 3 is 2.53 bits per heavy atom. The van der Waals surface area contributed by atoms with Gasteiger partial charge in [0.15, 0.2) is 11.5 Å². The highest BCUT2D eigenvalue weighted by Gasteiger charge is 2.22. The van der Waals surface area contributed by atoms with Gasteiger partial charge < -0.3 is 14.8 Å². The maximum absolute atomic E-state index is 5.35. The van der Waals surface area contributed by atoms with Gasteiger partial charge in [-0.3, -0.25) is 0 Å². The van der Waals surface area contributed by atoms with Crippen molar-refractivity contribution in [3.63, 3.8) is 0 Å². The summed E-state index contributed by atoms with van der Waals surface area (Å²) in [5.74, 6) is 2.61. The van der Waals surface area contributed by atoms with Gasteiger partial charge in [-0.15, -0.1) is 0 Å². The zero-order valence-corrected chi connectivity index (χ0v) is 12.2. The van der Waals surface area contributed by atoms with Crippen LogP contribution in [0.4, 0.5) is 0 Å². The largest absolute Gasteiger partial charge is 0.493 e. The van der Waals surface area contributed by atoms with Crippen LogP contribution >= 0.6 is 0 Å². The minimum Gasteiger partial charge on any atom is -0.493 e. The third-order valence-electron chi connectivity index (χ3n) is 3.96. The van der Waals surface area contributed by atoms with Gasteiger partial charge in [-0.1, -0.05) is 18.9 Å². The molecule has 0 amide bonds. The monoisotopic (exact) mass is 263 g/mol. The molecule has 1 aromatic carbocycles. The van der Waals surface area contributed by atoms with Gasteiger partial charge in [0.05, 0.1) is 14.2 Å². The summed E-state index contributed by atoms with van der Waals surface area (Å²) in [7, 11) is 5.41. The summed E-state index contributed by atoms with van der Waals surface area (Å²) in [6.45, 7) is 0. The number of methoxy groups -OCH3 is 2. The summed E-state index contributed by atoms with van der Waals surface area (Å²) in [6.07, 6.45) is 6.54. The molecule has 0 spiro atoms. The van der Waals surface area contributed by atoms with Crippen LogP contribution in [-0.4, -0.2) is 27.3 Å². The Balaban J connectivity index is 1.95. The summed E-state index contributed by atoms with van der Waals surface area (Å²) < 4.78 is 10.6. The van der Waals surface area contributed by atoms with Crippen molar-refractivity contribution in [3.05, 3.63) is 23.8 Å². The van der Waals surface area contributed by atoms with Gasteiger partial charge >= 0.3 is 0 Å². The van der Waals surface area contributed by atoms with Gasteiger partial charge in [0, 0.05) is 6.04 Å². The van der Waals surface area contributed by atoms with Crippen molar-refractivity contribution >= 4 is 0 Å². The molecule has 0 heterocycles. The topological polar surface area (TPSA) is 30.5 Å². The average molecular weight is 263 g/mol. The second-order valence-corrected chi connectivity index (χ2v) is 5.40. The van der Waals surface area contributed by atoms with Crippen molar-refractivity contribution in [2.75, 3.05) is 21.3 Å². The van der Waals surface area contributed by atoms with E-state index in [0.29, 0.717) is 6.04 Å². The smallest absolute Gasteiger partial charge is 0.160 e. The first-order valence-corrected chi connectivity index (χ1v) is 7.15. The highest BCUT2D eigenvalue weighted by atomic mass is 16.5. The first kappa shape index (κ1) is 14.2. The molecule has 1 aliphatic carbocycles. The number of ether oxygens (including phenoxy) is 2. The molecule has 1 saturated carbocycles. The molecular formula is C16H25NO2. The van der Waals surface area contributed by atoms with Crippen LogP contribution in [0.5, 0.6) is 11.5 Å². The lowest BCUT2D eigenvalue weighted by molar-refractivity contribution is 0.354. The van der Waals surface area contributed by atoms with Crippen molar-refractivity contribution in [1.29, 1.82) is 0 Å². The first-order chi connectivity index (χ1) is 9.26. The molecule has 1 aromatic rings. The number of nitrogens with one attached hydrogen (secondary N) is 1. The average Bonchev–Trinajstić information content (AvgIpc) is 3.27. The first-order valence-electron chi connectivity index (χ1n) is 7.15. The van der Waals surface area contributed by atoms with E-state index >= 15 is 0 Å². The van der Waals surface area contributed by atoms with E-state index in [1.807, 2.05) is 6.07 Å².